The molecule has 0 amide bonds. The highest BCUT2D eigenvalue weighted by Gasteiger charge is 2.20. The van der Waals surface area contributed by atoms with Gasteiger partial charge in [-0.2, -0.15) is 11.8 Å². The first kappa shape index (κ1) is 12.5. The highest BCUT2D eigenvalue weighted by atomic mass is 35.5. The van der Waals surface area contributed by atoms with Crippen LogP contribution >= 0.6 is 23.4 Å². The normalized spacial score (nSPS) is 22.8. The average Bonchev–Trinajstić information content (AvgIpc) is 2.89. The van der Waals surface area contributed by atoms with E-state index in [0.29, 0.717) is 11.2 Å². The third kappa shape index (κ3) is 2.73. The number of thioether (sulfide) groups is 1. The van der Waals surface area contributed by atoms with E-state index in [1.165, 1.54) is 5.56 Å². The van der Waals surface area contributed by atoms with E-state index in [1.54, 1.807) is 0 Å². The Morgan fingerprint density at radius 1 is 1.44 bits per heavy atom. The molecule has 1 saturated heterocycles. The van der Waals surface area contributed by atoms with E-state index in [0.717, 1.165) is 55.6 Å². The van der Waals surface area contributed by atoms with E-state index in [4.69, 9.17) is 16.3 Å². The lowest BCUT2D eigenvalue weighted by atomic mass is 10.1. The van der Waals surface area contributed by atoms with Crippen LogP contribution in [0.15, 0.2) is 0 Å². The summed E-state index contributed by atoms with van der Waals surface area (Å²) >= 11 is 7.91. The van der Waals surface area contributed by atoms with E-state index in [1.807, 2.05) is 11.8 Å². The largest absolute Gasteiger partial charge is 0.381 e. The fourth-order valence-corrected chi connectivity index (χ4v) is 3.51. The predicted octanol–water partition coefficient (Wildman–Crippen LogP) is 2.37. The zero-order valence-electron chi connectivity index (χ0n) is 10.1. The SMILES string of the molecule is Clc1nc2c(c(NCC3CCOC3)n1)CSCC2. The van der Waals surface area contributed by atoms with Gasteiger partial charge >= 0.3 is 0 Å². The van der Waals surface area contributed by atoms with Crippen molar-refractivity contribution < 1.29 is 4.74 Å². The number of halogens is 1. The molecule has 3 heterocycles. The molecule has 2 aliphatic heterocycles. The van der Waals surface area contributed by atoms with Crippen LogP contribution in [0.5, 0.6) is 0 Å². The van der Waals surface area contributed by atoms with Gasteiger partial charge in [0.05, 0.1) is 12.3 Å². The van der Waals surface area contributed by atoms with Gasteiger partial charge in [0.15, 0.2) is 0 Å². The maximum absolute atomic E-state index is 5.98. The van der Waals surface area contributed by atoms with Crippen molar-refractivity contribution >= 4 is 29.2 Å². The number of hydrogen-bond acceptors (Lipinski definition) is 5. The Morgan fingerprint density at radius 2 is 2.39 bits per heavy atom. The first-order chi connectivity index (χ1) is 8.83. The van der Waals surface area contributed by atoms with Gasteiger partial charge in [0.1, 0.15) is 5.82 Å². The Balaban J connectivity index is 1.75. The van der Waals surface area contributed by atoms with Crippen molar-refractivity contribution in [2.75, 3.05) is 30.8 Å². The molecule has 3 rings (SSSR count). The average molecular weight is 286 g/mol. The molecule has 0 saturated carbocycles. The van der Waals surface area contributed by atoms with E-state index < -0.39 is 0 Å². The third-order valence-corrected chi connectivity index (χ3v) is 4.53. The van der Waals surface area contributed by atoms with Crippen LogP contribution in [0.1, 0.15) is 17.7 Å². The Labute approximate surface area is 116 Å². The van der Waals surface area contributed by atoms with Gasteiger partial charge in [-0.3, -0.25) is 0 Å². The summed E-state index contributed by atoms with van der Waals surface area (Å²) in [4.78, 5) is 8.67. The van der Waals surface area contributed by atoms with E-state index in [2.05, 4.69) is 15.3 Å². The van der Waals surface area contributed by atoms with Gasteiger partial charge in [-0.15, -0.1) is 0 Å². The van der Waals surface area contributed by atoms with E-state index >= 15 is 0 Å². The third-order valence-electron chi connectivity index (χ3n) is 3.38. The molecule has 18 heavy (non-hydrogen) atoms. The maximum atomic E-state index is 5.98. The minimum Gasteiger partial charge on any atom is -0.381 e. The van der Waals surface area contributed by atoms with Gasteiger partial charge in [-0.05, 0) is 30.2 Å². The fraction of sp³-hybridized carbons (Fsp3) is 0.667. The number of fused-ring (bicyclic) bond motifs is 1. The molecule has 1 unspecified atom stereocenters. The number of ether oxygens (including phenoxy) is 1. The number of aryl methyl sites for hydroxylation is 1. The van der Waals surface area contributed by atoms with Crippen molar-refractivity contribution in [2.24, 2.45) is 5.92 Å². The van der Waals surface area contributed by atoms with Crippen LogP contribution in [0.2, 0.25) is 5.28 Å². The lowest BCUT2D eigenvalue weighted by molar-refractivity contribution is 0.187. The molecule has 1 aromatic heterocycles. The molecule has 1 aromatic rings. The van der Waals surface area contributed by atoms with Gasteiger partial charge in [0, 0.05) is 30.4 Å². The van der Waals surface area contributed by atoms with Gasteiger partial charge in [0.2, 0.25) is 5.28 Å². The topological polar surface area (TPSA) is 47.0 Å². The van der Waals surface area contributed by atoms with Crippen LogP contribution in [0.3, 0.4) is 0 Å². The molecule has 0 aromatic carbocycles. The van der Waals surface area contributed by atoms with Crippen LogP contribution in [0.25, 0.3) is 0 Å². The van der Waals surface area contributed by atoms with Crippen molar-refractivity contribution in [1.29, 1.82) is 0 Å². The molecule has 1 atom stereocenters. The van der Waals surface area contributed by atoms with Crippen LogP contribution in [-0.2, 0) is 16.9 Å². The summed E-state index contributed by atoms with van der Waals surface area (Å²) in [5, 5.41) is 3.78. The smallest absolute Gasteiger partial charge is 0.224 e. The second-order valence-electron chi connectivity index (χ2n) is 4.68. The van der Waals surface area contributed by atoms with Gasteiger partial charge in [-0.25, -0.2) is 9.97 Å². The molecular formula is C12H16ClN3OS. The van der Waals surface area contributed by atoms with Crippen molar-refractivity contribution in [3.05, 3.63) is 16.5 Å². The van der Waals surface area contributed by atoms with Crippen molar-refractivity contribution in [2.45, 2.75) is 18.6 Å². The lowest BCUT2D eigenvalue weighted by Crippen LogP contribution is -2.18. The molecule has 6 heteroatoms. The molecule has 0 bridgehead atoms. The molecule has 0 radical (unpaired) electrons. The second-order valence-corrected chi connectivity index (χ2v) is 6.12. The predicted molar refractivity (Wildman–Crippen MR) is 74.3 cm³/mol. The van der Waals surface area contributed by atoms with Gasteiger partial charge in [-0.1, -0.05) is 0 Å². The number of nitrogens with one attached hydrogen (secondary N) is 1. The van der Waals surface area contributed by atoms with Gasteiger partial charge in [0.25, 0.3) is 0 Å². The quantitative estimate of drug-likeness (QED) is 0.864. The summed E-state index contributed by atoms with van der Waals surface area (Å²) in [5.74, 6) is 3.61. The number of rotatable bonds is 3. The number of aromatic nitrogens is 2. The van der Waals surface area contributed by atoms with Crippen molar-refractivity contribution in [3.8, 4) is 0 Å². The lowest BCUT2D eigenvalue weighted by Gasteiger charge is -2.19. The molecule has 1 fully saturated rings. The Hall–Kier alpha value is -0.520. The molecular weight excluding hydrogens is 270 g/mol. The summed E-state index contributed by atoms with van der Waals surface area (Å²) in [6.07, 6.45) is 2.12. The highest BCUT2D eigenvalue weighted by molar-refractivity contribution is 7.98. The Kier molecular flexibility index (Phi) is 3.91. The minimum absolute atomic E-state index is 0.353. The zero-order valence-corrected chi connectivity index (χ0v) is 11.7. The van der Waals surface area contributed by atoms with Crippen molar-refractivity contribution in [1.82, 2.24) is 9.97 Å². The molecule has 0 aliphatic carbocycles. The summed E-state index contributed by atoms with van der Waals surface area (Å²) in [6.45, 7) is 2.64. The van der Waals surface area contributed by atoms with Gasteiger partial charge < -0.3 is 10.1 Å². The van der Waals surface area contributed by atoms with E-state index in [-0.39, 0.29) is 0 Å². The molecule has 2 aliphatic rings. The summed E-state index contributed by atoms with van der Waals surface area (Å²) < 4.78 is 5.38. The molecule has 98 valence electrons. The Morgan fingerprint density at radius 3 is 3.22 bits per heavy atom. The van der Waals surface area contributed by atoms with E-state index in [9.17, 15) is 0 Å². The number of anilines is 1. The standard InChI is InChI=1S/C12H16ClN3OS/c13-12-15-10-2-4-18-7-9(10)11(16-12)14-5-8-1-3-17-6-8/h8H,1-7H2,(H,14,15,16). The second kappa shape index (κ2) is 5.63. The summed E-state index contributed by atoms with van der Waals surface area (Å²) in [5.41, 5.74) is 2.34. The fourth-order valence-electron chi connectivity index (χ4n) is 2.33. The summed E-state index contributed by atoms with van der Waals surface area (Å²) in [6, 6.07) is 0. The monoisotopic (exact) mass is 285 g/mol. The van der Waals surface area contributed by atoms with Crippen LogP contribution in [0.4, 0.5) is 5.82 Å². The maximum Gasteiger partial charge on any atom is 0.224 e. The zero-order chi connectivity index (χ0) is 12.4. The molecule has 4 nitrogen and oxygen atoms in total. The van der Waals surface area contributed by atoms with Crippen LogP contribution in [0, 0.1) is 5.92 Å². The minimum atomic E-state index is 0.353. The highest BCUT2D eigenvalue weighted by Crippen LogP contribution is 2.29. The number of hydrogen-bond donors (Lipinski definition) is 1. The molecule has 1 N–H and O–H groups in total. The first-order valence-electron chi connectivity index (χ1n) is 6.27. The molecule has 0 spiro atoms. The Bertz CT molecular complexity index is 438. The number of nitrogens with zero attached hydrogens (tertiary/aromatic N) is 2. The summed E-state index contributed by atoms with van der Waals surface area (Å²) in [7, 11) is 0. The first-order valence-corrected chi connectivity index (χ1v) is 7.81. The van der Waals surface area contributed by atoms with Crippen LogP contribution < -0.4 is 5.32 Å². The van der Waals surface area contributed by atoms with Crippen LogP contribution in [-0.4, -0.2) is 35.5 Å². The van der Waals surface area contributed by atoms with Crippen molar-refractivity contribution in [3.63, 3.8) is 0 Å².